The van der Waals surface area contributed by atoms with E-state index in [2.05, 4.69) is 10.6 Å². The summed E-state index contributed by atoms with van der Waals surface area (Å²) in [7, 11) is -3.70. The zero-order chi connectivity index (χ0) is 19.0. The SMILES string of the molecule is N#C/C(=C/NCCc1ccc(S(N)(=O)=O)cc1)C(=O)NCC1CCCO1. The van der Waals surface area contributed by atoms with Crippen molar-refractivity contribution in [3.05, 3.63) is 41.6 Å². The van der Waals surface area contributed by atoms with Crippen molar-refractivity contribution in [2.45, 2.75) is 30.3 Å². The highest BCUT2D eigenvalue weighted by atomic mass is 32.2. The predicted octanol–water partition coefficient (Wildman–Crippen LogP) is 0.169. The Morgan fingerprint density at radius 2 is 2.12 bits per heavy atom. The third-order valence-electron chi connectivity index (χ3n) is 3.94. The minimum absolute atomic E-state index is 0.00688. The number of nitrogens with zero attached hydrogens (tertiary/aromatic N) is 1. The van der Waals surface area contributed by atoms with Crippen molar-refractivity contribution in [3.8, 4) is 6.07 Å². The van der Waals surface area contributed by atoms with Crippen LogP contribution in [0.25, 0.3) is 0 Å². The van der Waals surface area contributed by atoms with Crippen molar-refractivity contribution in [1.82, 2.24) is 10.6 Å². The van der Waals surface area contributed by atoms with Crippen LogP contribution < -0.4 is 15.8 Å². The Labute approximate surface area is 153 Å². The number of nitrogens with one attached hydrogen (secondary N) is 2. The summed E-state index contributed by atoms with van der Waals surface area (Å²) in [6, 6.07) is 8.10. The number of ether oxygens (including phenoxy) is 1. The van der Waals surface area contributed by atoms with Crippen LogP contribution in [0.1, 0.15) is 18.4 Å². The van der Waals surface area contributed by atoms with Crippen LogP contribution in [-0.4, -0.2) is 40.1 Å². The average Bonchev–Trinajstić information content (AvgIpc) is 3.13. The molecular formula is C17H22N4O4S. The summed E-state index contributed by atoms with van der Waals surface area (Å²) in [5.41, 5.74) is 0.896. The molecule has 0 saturated carbocycles. The van der Waals surface area contributed by atoms with Gasteiger partial charge in [-0.3, -0.25) is 4.79 Å². The lowest BCUT2D eigenvalue weighted by Crippen LogP contribution is -2.33. The monoisotopic (exact) mass is 378 g/mol. The quantitative estimate of drug-likeness (QED) is 0.335. The molecular weight excluding hydrogens is 356 g/mol. The minimum atomic E-state index is -3.70. The lowest BCUT2D eigenvalue weighted by atomic mass is 10.1. The number of hydrogen-bond donors (Lipinski definition) is 3. The lowest BCUT2D eigenvalue weighted by molar-refractivity contribution is -0.117. The van der Waals surface area contributed by atoms with Crippen LogP contribution in [-0.2, 0) is 26.0 Å². The first kappa shape index (κ1) is 19.9. The third kappa shape index (κ3) is 6.15. The molecule has 0 aromatic heterocycles. The summed E-state index contributed by atoms with van der Waals surface area (Å²) in [5.74, 6) is -0.437. The van der Waals surface area contributed by atoms with Gasteiger partial charge in [-0.2, -0.15) is 5.26 Å². The van der Waals surface area contributed by atoms with Gasteiger partial charge in [-0.1, -0.05) is 12.1 Å². The van der Waals surface area contributed by atoms with Crippen molar-refractivity contribution in [1.29, 1.82) is 5.26 Å². The number of hydrogen-bond acceptors (Lipinski definition) is 6. The summed E-state index contributed by atoms with van der Waals surface area (Å²) >= 11 is 0. The van der Waals surface area contributed by atoms with Crippen LogP contribution in [0.2, 0.25) is 0 Å². The number of amides is 1. The van der Waals surface area contributed by atoms with E-state index >= 15 is 0 Å². The molecule has 2 rings (SSSR count). The third-order valence-corrected chi connectivity index (χ3v) is 4.86. The highest BCUT2D eigenvalue weighted by molar-refractivity contribution is 7.89. The Morgan fingerprint density at radius 1 is 1.38 bits per heavy atom. The van der Waals surface area contributed by atoms with E-state index < -0.39 is 15.9 Å². The number of sulfonamides is 1. The van der Waals surface area contributed by atoms with Gasteiger partial charge in [-0.05, 0) is 37.0 Å². The first-order chi connectivity index (χ1) is 12.4. The van der Waals surface area contributed by atoms with E-state index in [1.54, 1.807) is 12.1 Å². The number of nitriles is 1. The van der Waals surface area contributed by atoms with E-state index in [0.717, 1.165) is 18.4 Å². The van der Waals surface area contributed by atoms with Crippen LogP contribution in [0.4, 0.5) is 0 Å². The van der Waals surface area contributed by atoms with Gasteiger partial charge in [0.25, 0.3) is 5.91 Å². The summed E-state index contributed by atoms with van der Waals surface area (Å²) in [6.45, 7) is 1.59. The molecule has 1 saturated heterocycles. The maximum atomic E-state index is 12.0. The molecule has 0 aliphatic carbocycles. The molecule has 1 aliphatic rings. The highest BCUT2D eigenvalue weighted by Gasteiger charge is 2.17. The molecule has 1 heterocycles. The molecule has 1 unspecified atom stereocenters. The van der Waals surface area contributed by atoms with Gasteiger partial charge in [-0.25, -0.2) is 13.6 Å². The summed E-state index contributed by atoms with van der Waals surface area (Å²) in [4.78, 5) is 12.0. The Morgan fingerprint density at radius 3 is 2.69 bits per heavy atom. The first-order valence-corrected chi connectivity index (χ1v) is 9.80. The fraction of sp³-hybridized carbons (Fsp3) is 0.412. The zero-order valence-corrected chi connectivity index (χ0v) is 15.1. The largest absolute Gasteiger partial charge is 0.389 e. The van der Waals surface area contributed by atoms with Crippen LogP contribution in [0, 0.1) is 11.3 Å². The predicted molar refractivity (Wildman–Crippen MR) is 95.2 cm³/mol. The van der Waals surface area contributed by atoms with Gasteiger partial charge in [0, 0.05) is 25.9 Å². The Balaban J connectivity index is 1.78. The number of carbonyl (C=O) groups excluding carboxylic acids is 1. The fourth-order valence-corrected chi connectivity index (χ4v) is 3.01. The van der Waals surface area contributed by atoms with Gasteiger partial charge in [0.05, 0.1) is 11.0 Å². The van der Waals surface area contributed by atoms with Gasteiger partial charge in [0.15, 0.2) is 0 Å². The molecule has 9 heteroatoms. The molecule has 1 fully saturated rings. The number of nitrogens with two attached hydrogens (primary N) is 1. The van der Waals surface area contributed by atoms with Crippen LogP contribution >= 0.6 is 0 Å². The van der Waals surface area contributed by atoms with Gasteiger partial charge in [0.2, 0.25) is 10.0 Å². The van der Waals surface area contributed by atoms with Gasteiger partial charge < -0.3 is 15.4 Å². The maximum Gasteiger partial charge on any atom is 0.263 e. The van der Waals surface area contributed by atoms with Crippen LogP contribution in [0.15, 0.2) is 40.9 Å². The second-order valence-corrected chi connectivity index (χ2v) is 7.47. The van der Waals surface area contributed by atoms with E-state index in [-0.39, 0.29) is 16.6 Å². The maximum absolute atomic E-state index is 12.0. The Hall–Kier alpha value is -2.41. The van der Waals surface area contributed by atoms with Gasteiger partial charge >= 0.3 is 0 Å². The normalized spacial score (nSPS) is 17.5. The first-order valence-electron chi connectivity index (χ1n) is 8.25. The summed E-state index contributed by atoms with van der Waals surface area (Å²) in [5, 5.41) is 19.7. The topological polar surface area (TPSA) is 134 Å². The molecule has 1 aromatic rings. The molecule has 0 bridgehead atoms. The van der Waals surface area contributed by atoms with E-state index in [9.17, 15) is 13.2 Å². The van der Waals surface area contributed by atoms with Crippen molar-refractivity contribution in [3.63, 3.8) is 0 Å². The Kier molecular flexibility index (Phi) is 7.15. The molecule has 1 amide bonds. The second-order valence-electron chi connectivity index (χ2n) is 5.91. The standard InChI is InChI=1S/C17H22N4O4S/c18-10-14(17(22)21-12-15-2-1-9-25-15)11-20-8-7-13-3-5-16(6-4-13)26(19,23)24/h3-6,11,15,20H,1-2,7-9,12H2,(H,21,22)(H2,19,23,24)/b14-11-. The van der Waals surface area contributed by atoms with E-state index in [0.29, 0.717) is 26.1 Å². The molecule has 1 aliphatic heterocycles. The van der Waals surface area contributed by atoms with Crippen molar-refractivity contribution in [2.24, 2.45) is 5.14 Å². The highest BCUT2D eigenvalue weighted by Crippen LogP contribution is 2.11. The van der Waals surface area contributed by atoms with Gasteiger partial charge in [-0.15, -0.1) is 0 Å². The molecule has 0 spiro atoms. The molecule has 0 radical (unpaired) electrons. The number of rotatable bonds is 8. The van der Waals surface area contributed by atoms with E-state index in [1.807, 2.05) is 6.07 Å². The van der Waals surface area contributed by atoms with Crippen LogP contribution in [0.5, 0.6) is 0 Å². The second kappa shape index (κ2) is 9.33. The average molecular weight is 378 g/mol. The fourth-order valence-electron chi connectivity index (χ4n) is 2.49. The molecule has 1 atom stereocenters. The van der Waals surface area contributed by atoms with Crippen molar-refractivity contribution >= 4 is 15.9 Å². The molecule has 1 aromatic carbocycles. The van der Waals surface area contributed by atoms with Gasteiger partial charge in [0.1, 0.15) is 11.6 Å². The molecule has 4 N–H and O–H groups in total. The Bertz CT molecular complexity index is 791. The smallest absolute Gasteiger partial charge is 0.263 e. The molecule has 140 valence electrons. The molecule has 26 heavy (non-hydrogen) atoms. The molecule has 8 nitrogen and oxygen atoms in total. The zero-order valence-electron chi connectivity index (χ0n) is 14.3. The minimum Gasteiger partial charge on any atom is -0.389 e. The summed E-state index contributed by atoms with van der Waals surface area (Å²) < 4.78 is 27.8. The van der Waals surface area contributed by atoms with Crippen molar-refractivity contribution in [2.75, 3.05) is 19.7 Å². The number of benzene rings is 1. The van der Waals surface area contributed by atoms with Crippen molar-refractivity contribution < 1.29 is 17.9 Å². The van der Waals surface area contributed by atoms with E-state index in [1.165, 1.54) is 18.3 Å². The van der Waals surface area contributed by atoms with Crippen LogP contribution in [0.3, 0.4) is 0 Å². The van der Waals surface area contributed by atoms with E-state index in [4.69, 9.17) is 15.1 Å². The summed E-state index contributed by atoms with van der Waals surface area (Å²) in [6.07, 6.45) is 3.89. The lowest BCUT2D eigenvalue weighted by Gasteiger charge is -2.10. The number of primary sulfonamides is 1. The number of carbonyl (C=O) groups is 1.